The van der Waals surface area contributed by atoms with Gasteiger partial charge in [0.05, 0.1) is 16.6 Å². The number of fused-ring (bicyclic) bond motifs is 13. The third-order valence-corrected chi connectivity index (χ3v) is 14.4. The van der Waals surface area contributed by atoms with Gasteiger partial charge in [0.15, 0.2) is 5.84 Å². The summed E-state index contributed by atoms with van der Waals surface area (Å²) in [5.41, 5.74) is 15.8. The van der Waals surface area contributed by atoms with Gasteiger partial charge in [-0.05, 0) is 68.3 Å². The molecule has 1 spiro atoms. The van der Waals surface area contributed by atoms with Gasteiger partial charge in [0, 0.05) is 42.6 Å². The summed E-state index contributed by atoms with van der Waals surface area (Å²) in [7, 11) is 0. The first-order valence-corrected chi connectivity index (χ1v) is 22.6. The molecule has 0 saturated heterocycles. The third kappa shape index (κ3) is 5.61. The van der Waals surface area contributed by atoms with E-state index in [2.05, 4.69) is 199 Å². The highest BCUT2D eigenvalue weighted by atomic mass is 32.2. The van der Waals surface area contributed by atoms with Gasteiger partial charge in [-0.3, -0.25) is 0 Å². The molecule has 64 heavy (non-hydrogen) atoms. The predicted octanol–water partition coefficient (Wildman–Crippen LogP) is 14.0. The maximum atomic E-state index is 5.44. The van der Waals surface area contributed by atoms with E-state index >= 15 is 0 Å². The maximum Gasteiger partial charge on any atom is 0.159 e. The largest absolute Gasteiger partial charge is 0.344 e. The maximum absolute atomic E-state index is 5.44. The Bertz CT molecular complexity index is 3500. The SMILES string of the molecule is c1ccc(C2=NC(c3ccc(-c4nc5ccccc5c5c6c(ccc45)C4(c5ccccc5Sc5ccccc54)c4ccccc4-6)cc3)NC(c3ccc(-c4ccccc4)cc3)=N2)cc1. The van der Waals surface area contributed by atoms with Gasteiger partial charge < -0.3 is 5.32 Å². The van der Waals surface area contributed by atoms with E-state index in [-0.39, 0.29) is 6.17 Å². The van der Waals surface area contributed by atoms with Gasteiger partial charge in [-0.2, -0.15) is 0 Å². The van der Waals surface area contributed by atoms with Gasteiger partial charge in [-0.15, -0.1) is 0 Å². The van der Waals surface area contributed by atoms with Crippen LogP contribution in [-0.4, -0.2) is 16.7 Å². The fourth-order valence-electron chi connectivity index (χ4n) is 10.4. The monoisotopic (exact) mass is 834 g/mol. The second-order valence-electron chi connectivity index (χ2n) is 16.7. The molecule has 0 fully saturated rings. The van der Waals surface area contributed by atoms with Crippen molar-refractivity contribution in [3.63, 3.8) is 0 Å². The molecular weight excluding hydrogens is 797 g/mol. The molecule has 10 aromatic rings. The average Bonchev–Trinajstić information content (AvgIpc) is 3.67. The van der Waals surface area contributed by atoms with E-state index in [0.717, 1.165) is 55.6 Å². The van der Waals surface area contributed by atoms with Crippen molar-refractivity contribution in [3.05, 3.63) is 257 Å². The Morgan fingerprint density at radius 2 is 1.02 bits per heavy atom. The van der Waals surface area contributed by atoms with Gasteiger partial charge >= 0.3 is 0 Å². The zero-order chi connectivity index (χ0) is 42.2. The molecule has 3 aliphatic rings. The minimum Gasteiger partial charge on any atom is -0.344 e. The van der Waals surface area contributed by atoms with Crippen molar-refractivity contribution in [2.45, 2.75) is 21.4 Å². The number of amidine groups is 2. The first-order chi connectivity index (χ1) is 31.7. The molecule has 13 rings (SSSR count). The summed E-state index contributed by atoms with van der Waals surface area (Å²) >= 11 is 1.88. The Kier molecular flexibility index (Phi) is 8.40. The number of aliphatic imine (C=N–C) groups is 2. The number of aromatic nitrogens is 1. The quantitative estimate of drug-likeness (QED) is 0.176. The zero-order valence-electron chi connectivity index (χ0n) is 34.6. The number of para-hydroxylation sites is 1. The molecule has 0 saturated carbocycles. The molecule has 0 amide bonds. The van der Waals surface area contributed by atoms with E-state index in [1.165, 1.54) is 54.1 Å². The fraction of sp³-hybridized carbons (Fsp3) is 0.0339. The lowest BCUT2D eigenvalue weighted by molar-refractivity contribution is 0.674. The van der Waals surface area contributed by atoms with Crippen LogP contribution in [0, 0.1) is 0 Å². The first-order valence-electron chi connectivity index (χ1n) is 21.8. The number of nitrogens with zero attached hydrogens (tertiary/aromatic N) is 3. The Hall–Kier alpha value is -7.86. The standard InChI is InChI=1S/C59H38N4S/c1-3-15-37(16-4-1)38-27-31-41(32-28-38)57-61-56(40-17-5-2-6-18-40)62-58(63-57)42-33-29-39(30-34-42)55-45-35-36-49-54(53(45)44-20-8-12-24-50(44)60-55)43-19-7-9-21-46(43)59(49)47-22-10-13-25-51(47)64-52-26-14-11-23-48(52)59/h1-36,58H,(H,61,62,63). The topological polar surface area (TPSA) is 49.6 Å². The molecule has 3 heterocycles. The van der Waals surface area contributed by atoms with Crippen LogP contribution >= 0.6 is 11.8 Å². The van der Waals surface area contributed by atoms with E-state index in [9.17, 15) is 0 Å². The Balaban J connectivity index is 0.946. The Morgan fingerprint density at radius 3 is 1.75 bits per heavy atom. The summed E-state index contributed by atoms with van der Waals surface area (Å²) in [5, 5.41) is 7.22. The van der Waals surface area contributed by atoms with Crippen molar-refractivity contribution in [2.24, 2.45) is 9.98 Å². The van der Waals surface area contributed by atoms with Crippen LogP contribution in [0.2, 0.25) is 0 Å². The first kappa shape index (κ1) is 36.8. The summed E-state index contributed by atoms with van der Waals surface area (Å²) in [6.07, 6.45) is -0.345. The van der Waals surface area contributed by atoms with Crippen LogP contribution in [0.4, 0.5) is 0 Å². The number of pyridine rings is 1. The van der Waals surface area contributed by atoms with Gasteiger partial charge in [-0.1, -0.05) is 212 Å². The summed E-state index contributed by atoms with van der Waals surface area (Å²) in [5.74, 6) is 1.49. The number of rotatable bonds is 5. The highest BCUT2D eigenvalue weighted by Crippen LogP contribution is 2.63. The second kappa shape index (κ2) is 14.6. The molecule has 0 bridgehead atoms. The van der Waals surface area contributed by atoms with Crippen molar-refractivity contribution in [2.75, 3.05) is 0 Å². The lowest BCUT2D eigenvalue weighted by atomic mass is 9.67. The van der Waals surface area contributed by atoms with E-state index in [1.807, 2.05) is 36.0 Å². The molecule has 300 valence electrons. The van der Waals surface area contributed by atoms with Gasteiger partial charge in [0.25, 0.3) is 0 Å². The predicted molar refractivity (Wildman–Crippen MR) is 263 cm³/mol. The molecule has 1 aliphatic carbocycles. The molecule has 0 radical (unpaired) electrons. The summed E-state index contributed by atoms with van der Waals surface area (Å²) in [6, 6.07) is 78.6. The van der Waals surface area contributed by atoms with Crippen LogP contribution in [0.5, 0.6) is 0 Å². The highest BCUT2D eigenvalue weighted by molar-refractivity contribution is 7.99. The van der Waals surface area contributed by atoms with Gasteiger partial charge in [0.2, 0.25) is 0 Å². The molecule has 1 atom stereocenters. The van der Waals surface area contributed by atoms with E-state index in [4.69, 9.17) is 15.0 Å². The number of benzene rings is 9. The van der Waals surface area contributed by atoms with Crippen LogP contribution in [0.25, 0.3) is 55.2 Å². The molecule has 2 aliphatic heterocycles. The number of nitrogens with one attached hydrogen (secondary N) is 1. The Labute approximate surface area is 375 Å². The number of hydrogen-bond donors (Lipinski definition) is 1. The molecular formula is C59H38N4S. The summed E-state index contributed by atoms with van der Waals surface area (Å²) in [4.78, 5) is 18.3. The van der Waals surface area contributed by atoms with E-state index in [1.54, 1.807) is 0 Å². The second-order valence-corrected chi connectivity index (χ2v) is 17.8. The molecule has 4 nitrogen and oxygen atoms in total. The van der Waals surface area contributed by atoms with Crippen LogP contribution in [0.15, 0.2) is 238 Å². The van der Waals surface area contributed by atoms with Gasteiger partial charge in [0.1, 0.15) is 12.0 Å². The normalized spacial score (nSPS) is 15.4. The smallest absolute Gasteiger partial charge is 0.159 e. The molecule has 5 heteroatoms. The zero-order valence-corrected chi connectivity index (χ0v) is 35.4. The lowest BCUT2D eigenvalue weighted by Crippen LogP contribution is -2.33. The van der Waals surface area contributed by atoms with E-state index < -0.39 is 5.41 Å². The average molecular weight is 835 g/mol. The van der Waals surface area contributed by atoms with Crippen LogP contribution in [-0.2, 0) is 5.41 Å². The van der Waals surface area contributed by atoms with Crippen LogP contribution in [0.3, 0.4) is 0 Å². The highest BCUT2D eigenvalue weighted by Gasteiger charge is 2.50. The molecule has 9 aromatic carbocycles. The minimum atomic E-state index is -0.455. The minimum absolute atomic E-state index is 0.345. The van der Waals surface area contributed by atoms with Crippen molar-refractivity contribution < 1.29 is 0 Å². The number of hydrogen-bond acceptors (Lipinski definition) is 5. The van der Waals surface area contributed by atoms with Crippen LogP contribution < -0.4 is 5.32 Å². The molecule has 1 aromatic heterocycles. The van der Waals surface area contributed by atoms with Crippen molar-refractivity contribution in [3.8, 4) is 33.5 Å². The van der Waals surface area contributed by atoms with E-state index in [0.29, 0.717) is 5.84 Å². The van der Waals surface area contributed by atoms with Crippen molar-refractivity contribution in [1.29, 1.82) is 0 Å². The lowest BCUT2D eigenvalue weighted by Gasteiger charge is -2.39. The summed E-state index contributed by atoms with van der Waals surface area (Å²) in [6.45, 7) is 0. The molecule has 1 unspecified atom stereocenters. The van der Waals surface area contributed by atoms with Crippen LogP contribution in [0.1, 0.15) is 45.1 Å². The third-order valence-electron chi connectivity index (χ3n) is 13.2. The van der Waals surface area contributed by atoms with Crippen molar-refractivity contribution >= 4 is 45.1 Å². The van der Waals surface area contributed by atoms with Gasteiger partial charge in [-0.25, -0.2) is 15.0 Å². The fourth-order valence-corrected chi connectivity index (χ4v) is 11.6. The Morgan fingerprint density at radius 1 is 0.438 bits per heavy atom. The summed E-state index contributed by atoms with van der Waals surface area (Å²) < 4.78 is 0. The molecule has 1 N–H and O–H groups in total. The van der Waals surface area contributed by atoms with Crippen molar-refractivity contribution in [1.82, 2.24) is 10.3 Å².